The second kappa shape index (κ2) is 14.0. The first kappa shape index (κ1) is 31.4. The van der Waals surface area contributed by atoms with Crippen LogP contribution in [0, 0.1) is 0 Å². The van der Waals surface area contributed by atoms with Gasteiger partial charge in [0.15, 0.2) is 0 Å². The van der Waals surface area contributed by atoms with Gasteiger partial charge in [-0.1, -0.05) is 41.4 Å². The Morgan fingerprint density at radius 2 is 1.62 bits per heavy atom. The number of hydrogen-bond acceptors (Lipinski definition) is 6. The van der Waals surface area contributed by atoms with Crippen LogP contribution in [0.25, 0.3) is 0 Å². The highest BCUT2D eigenvalue weighted by molar-refractivity contribution is 7.93. The maximum atomic E-state index is 13.7. The van der Waals surface area contributed by atoms with Crippen LogP contribution in [0.4, 0.5) is 5.69 Å². The molecule has 9 nitrogen and oxygen atoms in total. The predicted octanol–water partition coefficient (Wildman–Crippen LogP) is 4.00. The number of sulfonamides is 1. The van der Waals surface area contributed by atoms with Crippen molar-refractivity contribution < 1.29 is 22.8 Å². The topological polar surface area (TPSA) is 116 Å². The van der Waals surface area contributed by atoms with Crippen molar-refractivity contribution in [2.24, 2.45) is 0 Å². The van der Waals surface area contributed by atoms with Gasteiger partial charge in [0.05, 0.1) is 27.7 Å². The smallest absolute Gasteiger partial charge is 0.273 e. The van der Waals surface area contributed by atoms with Crippen LogP contribution in [0.2, 0.25) is 10.0 Å². The molecule has 13 heteroatoms. The van der Waals surface area contributed by atoms with Crippen molar-refractivity contribution in [2.75, 3.05) is 37.0 Å². The zero-order chi connectivity index (χ0) is 28.0. The van der Waals surface area contributed by atoms with Gasteiger partial charge in [0.1, 0.15) is 0 Å². The van der Waals surface area contributed by atoms with Crippen LogP contribution in [-0.2, 0) is 14.8 Å². The van der Waals surface area contributed by atoms with Gasteiger partial charge in [-0.25, -0.2) is 8.42 Å². The van der Waals surface area contributed by atoms with Crippen LogP contribution in [0.1, 0.15) is 27.1 Å². The monoisotopic (exact) mass is 624 g/mol. The van der Waals surface area contributed by atoms with Crippen LogP contribution in [-0.4, -0.2) is 63.8 Å². The highest BCUT2D eigenvalue weighted by atomic mass is 35.5. The molecule has 1 heterocycles. The highest BCUT2D eigenvalue weighted by Gasteiger charge is 2.33. The number of carbonyl (C=O) groups excluding carboxylic acids is 3. The van der Waals surface area contributed by atoms with Crippen molar-refractivity contribution in [3.63, 3.8) is 0 Å². The number of para-hydroxylation sites is 1. The summed E-state index contributed by atoms with van der Waals surface area (Å²) < 4.78 is 28.1. The zero-order valence-corrected chi connectivity index (χ0v) is 24.3. The van der Waals surface area contributed by atoms with Crippen molar-refractivity contribution in [1.29, 1.82) is 0 Å². The molecule has 1 fully saturated rings. The van der Waals surface area contributed by atoms with Crippen LogP contribution in [0.15, 0.2) is 77.7 Å². The van der Waals surface area contributed by atoms with E-state index in [2.05, 4.69) is 10.6 Å². The summed E-state index contributed by atoms with van der Waals surface area (Å²) in [5.41, 5.74) is 0.226. The van der Waals surface area contributed by atoms with E-state index in [-0.39, 0.29) is 51.6 Å². The van der Waals surface area contributed by atoms with E-state index in [1.165, 1.54) is 54.6 Å². The molecule has 1 saturated heterocycles. The van der Waals surface area contributed by atoms with Gasteiger partial charge >= 0.3 is 0 Å². The van der Waals surface area contributed by atoms with Crippen molar-refractivity contribution in [3.05, 3.63) is 94.0 Å². The number of nitrogens with zero attached hydrogens (tertiary/aromatic N) is 2. The quantitative estimate of drug-likeness (QED) is 0.410. The van der Waals surface area contributed by atoms with Gasteiger partial charge in [-0.2, -0.15) is 4.31 Å². The molecule has 0 aromatic heterocycles. The molecule has 1 aliphatic heterocycles. The van der Waals surface area contributed by atoms with Crippen molar-refractivity contribution in [1.82, 2.24) is 15.5 Å². The lowest BCUT2D eigenvalue weighted by Gasteiger charge is -2.23. The molecule has 4 rings (SSSR count). The van der Waals surface area contributed by atoms with Crippen molar-refractivity contribution >= 4 is 69.0 Å². The minimum Gasteiger partial charge on any atom is -0.343 e. The van der Waals surface area contributed by atoms with E-state index >= 15 is 0 Å². The minimum absolute atomic E-state index is 0. The van der Waals surface area contributed by atoms with Gasteiger partial charge in [-0.05, 0) is 67.6 Å². The third-order valence-corrected chi connectivity index (χ3v) is 8.36. The minimum atomic E-state index is -4.42. The summed E-state index contributed by atoms with van der Waals surface area (Å²) >= 11 is 12.2. The van der Waals surface area contributed by atoms with Crippen LogP contribution in [0.5, 0.6) is 0 Å². The summed E-state index contributed by atoms with van der Waals surface area (Å²) in [6.45, 7) is 2.55. The second-order valence-electron chi connectivity index (χ2n) is 8.73. The van der Waals surface area contributed by atoms with E-state index in [4.69, 9.17) is 23.2 Å². The lowest BCUT2D eigenvalue weighted by atomic mass is 10.2. The molecule has 1 aliphatic rings. The van der Waals surface area contributed by atoms with E-state index in [1.54, 1.807) is 23.1 Å². The third kappa shape index (κ3) is 7.32. The van der Waals surface area contributed by atoms with E-state index in [0.717, 1.165) is 13.0 Å². The Hall–Kier alpha value is -3.15. The highest BCUT2D eigenvalue weighted by Crippen LogP contribution is 2.29. The number of halogens is 3. The van der Waals surface area contributed by atoms with Gasteiger partial charge in [0.2, 0.25) is 5.91 Å². The number of benzene rings is 3. The lowest BCUT2D eigenvalue weighted by molar-refractivity contribution is -0.129. The summed E-state index contributed by atoms with van der Waals surface area (Å²) in [4.78, 5) is 40.1. The average molecular weight is 626 g/mol. The molecule has 0 aliphatic carbocycles. The van der Waals surface area contributed by atoms with E-state index in [1.807, 2.05) is 0 Å². The Balaban J connectivity index is 0.00000441. The van der Waals surface area contributed by atoms with Gasteiger partial charge in [0.25, 0.3) is 21.8 Å². The predicted molar refractivity (Wildman–Crippen MR) is 157 cm³/mol. The first-order valence-corrected chi connectivity index (χ1v) is 14.3. The number of anilines is 1. The normalized spacial score (nSPS) is 13.5. The SMILES string of the molecule is Cl.O=C(NCC(=O)N1CCCNCC1)c1ccc(S(=O)(=O)N(C(=O)c2ccc(Cl)cc2Cl)c2ccccc2)cc1. The molecule has 0 spiro atoms. The molecule has 212 valence electrons. The summed E-state index contributed by atoms with van der Waals surface area (Å²) in [6.07, 6.45) is 0.836. The summed E-state index contributed by atoms with van der Waals surface area (Å²) in [7, 11) is -4.42. The zero-order valence-electron chi connectivity index (χ0n) is 21.2. The fourth-order valence-electron chi connectivity index (χ4n) is 4.05. The first-order chi connectivity index (χ1) is 18.7. The molecule has 0 saturated carbocycles. The Labute approximate surface area is 248 Å². The second-order valence-corrected chi connectivity index (χ2v) is 11.4. The Morgan fingerprint density at radius 3 is 2.30 bits per heavy atom. The van der Waals surface area contributed by atoms with E-state index < -0.39 is 21.8 Å². The van der Waals surface area contributed by atoms with Crippen LogP contribution >= 0.6 is 35.6 Å². The molecule has 3 aromatic carbocycles. The first-order valence-electron chi connectivity index (χ1n) is 12.1. The molecule has 40 heavy (non-hydrogen) atoms. The number of rotatable bonds is 7. The maximum absolute atomic E-state index is 13.7. The third-order valence-electron chi connectivity index (χ3n) is 6.08. The largest absolute Gasteiger partial charge is 0.343 e. The van der Waals surface area contributed by atoms with Gasteiger partial charge in [-0.3, -0.25) is 14.4 Å². The van der Waals surface area contributed by atoms with Crippen molar-refractivity contribution in [3.8, 4) is 0 Å². The van der Waals surface area contributed by atoms with Crippen molar-refractivity contribution in [2.45, 2.75) is 11.3 Å². The molecular weight excluding hydrogens is 599 g/mol. The molecular formula is C27H27Cl3N4O5S. The van der Waals surface area contributed by atoms with Gasteiger partial charge in [0, 0.05) is 30.2 Å². The molecule has 3 amide bonds. The Morgan fingerprint density at radius 1 is 0.925 bits per heavy atom. The fourth-order valence-corrected chi connectivity index (χ4v) is 5.95. The van der Waals surface area contributed by atoms with Gasteiger partial charge in [-0.15, -0.1) is 12.4 Å². The molecule has 0 atom stereocenters. The lowest BCUT2D eigenvalue weighted by Crippen LogP contribution is -2.41. The number of nitrogens with one attached hydrogen (secondary N) is 2. The van der Waals surface area contributed by atoms with E-state index in [9.17, 15) is 22.8 Å². The fraction of sp³-hybridized carbons (Fsp3) is 0.222. The molecule has 0 bridgehead atoms. The molecule has 2 N–H and O–H groups in total. The van der Waals surface area contributed by atoms with Crippen LogP contribution in [0.3, 0.4) is 0 Å². The van der Waals surface area contributed by atoms with E-state index in [0.29, 0.717) is 29.0 Å². The Kier molecular flexibility index (Phi) is 11.0. The maximum Gasteiger partial charge on any atom is 0.273 e. The summed E-state index contributed by atoms with van der Waals surface area (Å²) in [6, 6.07) is 17.1. The number of amides is 3. The number of carbonyl (C=O) groups is 3. The average Bonchev–Trinajstić information content (AvgIpc) is 3.22. The number of hydrogen-bond donors (Lipinski definition) is 2. The summed E-state index contributed by atoms with van der Waals surface area (Å²) in [5.74, 6) is -1.58. The molecule has 0 unspecified atom stereocenters. The van der Waals surface area contributed by atoms with Gasteiger partial charge < -0.3 is 15.5 Å². The Bertz CT molecular complexity index is 1460. The molecule has 3 aromatic rings. The van der Waals surface area contributed by atoms with Crippen LogP contribution < -0.4 is 14.9 Å². The summed E-state index contributed by atoms with van der Waals surface area (Å²) in [5, 5.41) is 6.09. The standard InChI is InChI=1S/C27H26Cl2N4O5S.ClH/c28-20-9-12-23(24(29)17-20)27(36)33(21-5-2-1-3-6-21)39(37,38)22-10-7-19(8-11-22)26(35)31-18-25(34)32-15-4-13-30-14-16-32;/h1-3,5-12,17,30H,4,13-16,18H2,(H,31,35);1H. The molecule has 0 radical (unpaired) electrons.